The van der Waals surface area contributed by atoms with E-state index in [0.717, 1.165) is 16.9 Å². The Balaban J connectivity index is 2.43. The predicted octanol–water partition coefficient (Wildman–Crippen LogP) is 2.31. The molecule has 1 heterocycles. The Labute approximate surface area is 118 Å². The van der Waals surface area contributed by atoms with E-state index >= 15 is 0 Å². The van der Waals surface area contributed by atoms with E-state index in [1.807, 2.05) is 32.0 Å². The Bertz CT molecular complexity index is 571. The molecule has 0 saturated heterocycles. The number of aliphatic hydroxyl groups excluding tert-OH is 1. The predicted molar refractivity (Wildman–Crippen MR) is 76.2 cm³/mol. The number of nitrogens with zero attached hydrogens (tertiary/aromatic N) is 2. The average Bonchev–Trinajstić information content (AvgIpc) is 2.89. The van der Waals surface area contributed by atoms with Gasteiger partial charge in [-0.1, -0.05) is 6.07 Å². The summed E-state index contributed by atoms with van der Waals surface area (Å²) < 4.78 is 12.3. The lowest BCUT2D eigenvalue weighted by Crippen LogP contribution is -2.10. The van der Waals surface area contributed by atoms with Crippen LogP contribution in [0.15, 0.2) is 24.4 Å². The number of hydrogen-bond acceptors (Lipinski definition) is 4. The molecule has 1 unspecified atom stereocenters. The van der Waals surface area contributed by atoms with E-state index in [2.05, 4.69) is 5.10 Å². The SMILES string of the molecule is CCn1ncc(OC)c1C(O)c1ccc(OC)c(C)c1. The van der Waals surface area contributed by atoms with Crippen molar-refractivity contribution in [1.29, 1.82) is 0 Å². The Hall–Kier alpha value is -2.01. The van der Waals surface area contributed by atoms with Crippen molar-refractivity contribution in [2.75, 3.05) is 14.2 Å². The van der Waals surface area contributed by atoms with Crippen LogP contribution < -0.4 is 9.47 Å². The molecule has 2 rings (SSSR count). The van der Waals surface area contributed by atoms with E-state index < -0.39 is 6.10 Å². The van der Waals surface area contributed by atoms with Crippen molar-refractivity contribution in [2.24, 2.45) is 0 Å². The minimum absolute atomic E-state index is 0.591. The van der Waals surface area contributed by atoms with Gasteiger partial charge in [0.05, 0.1) is 20.4 Å². The third kappa shape index (κ3) is 2.49. The van der Waals surface area contributed by atoms with Gasteiger partial charge in [-0.05, 0) is 37.1 Å². The molecule has 1 aromatic carbocycles. The van der Waals surface area contributed by atoms with E-state index in [-0.39, 0.29) is 0 Å². The standard InChI is InChI=1S/C15H20N2O3/c1-5-17-14(13(20-4)9-16-17)15(18)11-6-7-12(19-3)10(2)8-11/h6-9,15,18H,5H2,1-4H3. The summed E-state index contributed by atoms with van der Waals surface area (Å²) in [6.07, 6.45) is 0.843. The lowest BCUT2D eigenvalue weighted by molar-refractivity contribution is 0.202. The van der Waals surface area contributed by atoms with Crippen molar-refractivity contribution in [3.8, 4) is 11.5 Å². The highest BCUT2D eigenvalue weighted by molar-refractivity contribution is 5.41. The fourth-order valence-corrected chi connectivity index (χ4v) is 2.29. The third-order valence-electron chi connectivity index (χ3n) is 3.36. The number of methoxy groups -OCH3 is 2. The first-order chi connectivity index (χ1) is 9.62. The van der Waals surface area contributed by atoms with Crippen molar-refractivity contribution >= 4 is 0 Å². The Morgan fingerprint density at radius 3 is 2.50 bits per heavy atom. The molecule has 0 aliphatic heterocycles. The van der Waals surface area contributed by atoms with Crippen LogP contribution in [0.25, 0.3) is 0 Å². The molecule has 1 aromatic heterocycles. The number of benzene rings is 1. The lowest BCUT2D eigenvalue weighted by atomic mass is 10.0. The van der Waals surface area contributed by atoms with E-state index in [1.54, 1.807) is 25.1 Å². The minimum atomic E-state index is -0.781. The van der Waals surface area contributed by atoms with Gasteiger partial charge in [0.15, 0.2) is 5.75 Å². The number of rotatable bonds is 5. The van der Waals surface area contributed by atoms with E-state index in [1.165, 1.54) is 0 Å². The first-order valence-corrected chi connectivity index (χ1v) is 6.54. The van der Waals surface area contributed by atoms with Crippen molar-refractivity contribution < 1.29 is 14.6 Å². The first-order valence-electron chi connectivity index (χ1n) is 6.54. The smallest absolute Gasteiger partial charge is 0.163 e. The highest BCUT2D eigenvalue weighted by atomic mass is 16.5. The summed E-state index contributed by atoms with van der Waals surface area (Å²) in [4.78, 5) is 0. The van der Waals surface area contributed by atoms with Gasteiger partial charge in [-0.2, -0.15) is 5.10 Å². The van der Waals surface area contributed by atoms with Gasteiger partial charge in [0.1, 0.15) is 17.5 Å². The fraction of sp³-hybridized carbons (Fsp3) is 0.400. The van der Waals surface area contributed by atoms with Crippen LogP contribution in [0.1, 0.15) is 29.8 Å². The van der Waals surface area contributed by atoms with Crippen LogP contribution in [0.5, 0.6) is 11.5 Å². The molecule has 108 valence electrons. The summed E-state index contributed by atoms with van der Waals surface area (Å²) in [5, 5.41) is 14.8. The average molecular weight is 276 g/mol. The van der Waals surface area contributed by atoms with Gasteiger partial charge >= 0.3 is 0 Å². The van der Waals surface area contributed by atoms with Crippen LogP contribution in [-0.2, 0) is 6.54 Å². The van der Waals surface area contributed by atoms with Crippen molar-refractivity contribution in [3.05, 3.63) is 41.2 Å². The number of aryl methyl sites for hydroxylation is 2. The molecule has 0 spiro atoms. The summed E-state index contributed by atoms with van der Waals surface area (Å²) in [6, 6.07) is 5.62. The molecular formula is C15H20N2O3. The number of aliphatic hydroxyl groups is 1. The quantitative estimate of drug-likeness (QED) is 0.910. The second-order valence-electron chi connectivity index (χ2n) is 4.55. The molecule has 0 aliphatic carbocycles. The van der Waals surface area contributed by atoms with Gasteiger partial charge in [-0.15, -0.1) is 0 Å². The van der Waals surface area contributed by atoms with Crippen LogP contribution in [0.4, 0.5) is 0 Å². The summed E-state index contributed by atoms with van der Waals surface area (Å²) in [7, 11) is 3.21. The van der Waals surface area contributed by atoms with E-state index in [0.29, 0.717) is 18.0 Å². The highest BCUT2D eigenvalue weighted by Gasteiger charge is 2.21. The van der Waals surface area contributed by atoms with Gasteiger partial charge in [-0.25, -0.2) is 0 Å². The third-order valence-corrected chi connectivity index (χ3v) is 3.36. The van der Waals surface area contributed by atoms with Gasteiger partial charge < -0.3 is 14.6 Å². The fourth-order valence-electron chi connectivity index (χ4n) is 2.29. The molecule has 0 bridgehead atoms. The van der Waals surface area contributed by atoms with Gasteiger partial charge in [0, 0.05) is 6.54 Å². The summed E-state index contributed by atoms with van der Waals surface area (Å²) in [5.41, 5.74) is 2.43. The lowest BCUT2D eigenvalue weighted by Gasteiger charge is -2.16. The Morgan fingerprint density at radius 1 is 1.25 bits per heavy atom. The molecule has 1 atom stereocenters. The van der Waals surface area contributed by atoms with Crippen molar-refractivity contribution in [3.63, 3.8) is 0 Å². The molecule has 0 fully saturated rings. The molecule has 0 amide bonds. The zero-order chi connectivity index (χ0) is 14.7. The van der Waals surface area contributed by atoms with Crippen LogP contribution in [-0.4, -0.2) is 29.1 Å². The van der Waals surface area contributed by atoms with E-state index in [9.17, 15) is 5.11 Å². The zero-order valence-electron chi connectivity index (χ0n) is 12.3. The molecule has 5 heteroatoms. The molecule has 20 heavy (non-hydrogen) atoms. The summed E-state index contributed by atoms with van der Waals surface area (Å²) in [5.74, 6) is 1.39. The maximum atomic E-state index is 10.6. The summed E-state index contributed by atoms with van der Waals surface area (Å²) in [6.45, 7) is 4.59. The topological polar surface area (TPSA) is 56.5 Å². The highest BCUT2D eigenvalue weighted by Crippen LogP contribution is 2.31. The van der Waals surface area contributed by atoms with Crippen LogP contribution >= 0.6 is 0 Å². The molecular weight excluding hydrogens is 256 g/mol. The zero-order valence-corrected chi connectivity index (χ0v) is 12.3. The van der Waals surface area contributed by atoms with Gasteiger partial charge in [0.2, 0.25) is 0 Å². The number of hydrogen-bond donors (Lipinski definition) is 1. The number of ether oxygens (including phenoxy) is 2. The molecule has 1 N–H and O–H groups in total. The van der Waals surface area contributed by atoms with Crippen molar-refractivity contribution in [2.45, 2.75) is 26.5 Å². The maximum Gasteiger partial charge on any atom is 0.163 e. The van der Waals surface area contributed by atoms with Crippen LogP contribution in [0, 0.1) is 6.92 Å². The van der Waals surface area contributed by atoms with Crippen LogP contribution in [0.2, 0.25) is 0 Å². The maximum absolute atomic E-state index is 10.6. The van der Waals surface area contributed by atoms with Crippen LogP contribution in [0.3, 0.4) is 0 Å². The second kappa shape index (κ2) is 5.96. The van der Waals surface area contributed by atoms with Gasteiger partial charge in [0.25, 0.3) is 0 Å². The molecule has 0 aliphatic rings. The largest absolute Gasteiger partial charge is 0.496 e. The van der Waals surface area contributed by atoms with E-state index in [4.69, 9.17) is 9.47 Å². The Kier molecular flexibility index (Phi) is 4.29. The van der Waals surface area contributed by atoms with Crippen molar-refractivity contribution in [1.82, 2.24) is 9.78 Å². The molecule has 0 saturated carbocycles. The normalized spacial score (nSPS) is 12.2. The minimum Gasteiger partial charge on any atom is -0.496 e. The second-order valence-corrected chi connectivity index (χ2v) is 4.55. The first kappa shape index (κ1) is 14.4. The molecule has 2 aromatic rings. The molecule has 0 radical (unpaired) electrons. The summed E-state index contributed by atoms with van der Waals surface area (Å²) >= 11 is 0. The number of aromatic nitrogens is 2. The monoisotopic (exact) mass is 276 g/mol. The van der Waals surface area contributed by atoms with Gasteiger partial charge in [-0.3, -0.25) is 4.68 Å². The Morgan fingerprint density at radius 2 is 1.95 bits per heavy atom. The molecule has 5 nitrogen and oxygen atoms in total.